The summed E-state index contributed by atoms with van der Waals surface area (Å²) in [4.78, 5) is 0. The zero-order valence-electron chi connectivity index (χ0n) is 25.4. The molecule has 4 aromatic carbocycles. The van der Waals surface area contributed by atoms with E-state index < -0.39 is 6.10 Å². The fourth-order valence-electron chi connectivity index (χ4n) is 7.67. The van der Waals surface area contributed by atoms with E-state index in [2.05, 4.69) is 26.8 Å². The first kappa shape index (κ1) is 28.0. The summed E-state index contributed by atoms with van der Waals surface area (Å²) >= 11 is 0. The van der Waals surface area contributed by atoms with Crippen LogP contribution in [0, 0.1) is 11.3 Å². The maximum atomic E-state index is 11.5. The predicted octanol–water partition coefficient (Wildman–Crippen LogP) is 9.25. The molecule has 3 atom stereocenters. The summed E-state index contributed by atoms with van der Waals surface area (Å²) in [6.45, 7) is 6.36. The Bertz CT molecular complexity index is 2210. The van der Waals surface area contributed by atoms with Crippen molar-refractivity contribution in [3.05, 3.63) is 95.6 Å². The first-order chi connectivity index (χ1) is 21.9. The van der Waals surface area contributed by atoms with Gasteiger partial charge in [0.05, 0.1) is 5.56 Å². The van der Waals surface area contributed by atoms with Gasteiger partial charge in [-0.3, -0.25) is 0 Å². The van der Waals surface area contributed by atoms with Crippen molar-refractivity contribution in [1.29, 1.82) is 0 Å². The zero-order valence-corrected chi connectivity index (χ0v) is 25.4. The minimum Gasteiger partial charge on any atom is -0.508 e. The van der Waals surface area contributed by atoms with Crippen molar-refractivity contribution < 1.29 is 39.1 Å². The highest BCUT2D eigenvalue weighted by Gasteiger charge is 2.51. The third-order valence-corrected chi connectivity index (χ3v) is 9.52. The van der Waals surface area contributed by atoms with Gasteiger partial charge in [-0.25, -0.2) is 0 Å². The SMILES string of the molecule is CC1=C[C@H]2c3c(O)cc(-c4cc5ccc(O)cc5o4)cc3O[C@@H](c3c(O)cc(-c4cc5ccc(O)cc5o4)cc3O)[C@H]2C(C)(C)C1. The Morgan fingerprint density at radius 1 is 0.652 bits per heavy atom. The highest BCUT2D eigenvalue weighted by Crippen LogP contribution is 2.62. The molecule has 0 bridgehead atoms. The van der Waals surface area contributed by atoms with Crippen LogP contribution in [0.15, 0.2) is 93.3 Å². The first-order valence-corrected chi connectivity index (χ1v) is 15.2. The minimum atomic E-state index is -0.763. The Labute approximate surface area is 264 Å². The third-order valence-electron chi connectivity index (χ3n) is 9.52. The molecule has 3 heterocycles. The highest BCUT2D eigenvalue weighted by atomic mass is 16.5. The largest absolute Gasteiger partial charge is 0.508 e. The molecule has 8 heteroatoms. The van der Waals surface area contributed by atoms with Crippen LogP contribution in [0.4, 0.5) is 0 Å². The van der Waals surface area contributed by atoms with E-state index in [1.165, 1.54) is 17.7 Å². The molecule has 0 radical (unpaired) electrons. The second-order valence-corrected chi connectivity index (χ2v) is 13.3. The summed E-state index contributed by atoms with van der Waals surface area (Å²) in [6.07, 6.45) is 2.17. The lowest BCUT2D eigenvalue weighted by molar-refractivity contribution is 0.0140. The number of hydrogen-bond acceptors (Lipinski definition) is 8. The van der Waals surface area contributed by atoms with Gasteiger partial charge in [0.2, 0.25) is 0 Å². The van der Waals surface area contributed by atoms with Gasteiger partial charge in [0.1, 0.15) is 63.3 Å². The van der Waals surface area contributed by atoms with E-state index in [9.17, 15) is 25.5 Å². The predicted molar refractivity (Wildman–Crippen MR) is 173 cm³/mol. The smallest absolute Gasteiger partial charge is 0.138 e. The number of phenols is 5. The van der Waals surface area contributed by atoms with Gasteiger partial charge in [0.15, 0.2) is 0 Å². The number of aromatic hydroxyl groups is 5. The number of ether oxygens (including phenoxy) is 1. The molecule has 46 heavy (non-hydrogen) atoms. The monoisotopic (exact) mass is 616 g/mol. The molecule has 0 amide bonds. The number of fused-ring (bicyclic) bond motifs is 5. The van der Waals surface area contributed by atoms with Crippen molar-refractivity contribution >= 4 is 21.9 Å². The lowest BCUT2D eigenvalue weighted by atomic mass is 9.59. The topological polar surface area (TPSA) is 137 Å². The minimum absolute atomic E-state index is 0.0608. The Kier molecular flexibility index (Phi) is 5.93. The van der Waals surface area contributed by atoms with Crippen LogP contribution in [0.5, 0.6) is 34.5 Å². The van der Waals surface area contributed by atoms with Crippen LogP contribution < -0.4 is 4.74 Å². The summed E-state index contributed by atoms with van der Waals surface area (Å²) in [7, 11) is 0. The summed E-state index contributed by atoms with van der Waals surface area (Å²) in [6, 6.07) is 19.9. The average Bonchev–Trinajstić information content (AvgIpc) is 3.59. The van der Waals surface area contributed by atoms with E-state index in [1.54, 1.807) is 48.5 Å². The van der Waals surface area contributed by atoms with Gasteiger partial charge >= 0.3 is 0 Å². The Morgan fingerprint density at radius 3 is 1.74 bits per heavy atom. The summed E-state index contributed by atoms with van der Waals surface area (Å²) < 4.78 is 18.7. The van der Waals surface area contributed by atoms with Crippen LogP contribution in [-0.2, 0) is 0 Å². The molecule has 2 aliphatic rings. The van der Waals surface area contributed by atoms with E-state index in [1.807, 2.05) is 12.1 Å². The Hall–Kier alpha value is -5.50. The number of furan rings is 2. The van der Waals surface area contributed by atoms with Crippen LogP contribution in [-0.4, -0.2) is 25.5 Å². The summed E-state index contributed by atoms with van der Waals surface area (Å²) in [5.41, 5.74) is 3.80. The molecule has 0 saturated carbocycles. The van der Waals surface area contributed by atoms with Crippen LogP contribution in [0.3, 0.4) is 0 Å². The highest BCUT2D eigenvalue weighted by molar-refractivity contribution is 5.85. The number of rotatable bonds is 3. The number of allylic oxidation sites excluding steroid dienone is 2. The molecule has 1 aliphatic carbocycles. The first-order valence-electron chi connectivity index (χ1n) is 15.2. The van der Waals surface area contributed by atoms with Crippen LogP contribution in [0.1, 0.15) is 50.3 Å². The van der Waals surface area contributed by atoms with Crippen molar-refractivity contribution in [2.24, 2.45) is 11.3 Å². The second kappa shape index (κ2) is 9.75. The van der Waals surface area contributed by atoms with Crippen LogP contribution in [0.25, 0.3) is 44.6 Å². The van der Waals surface area contributed by atoms with Crippen molar-refractivity contribution in [3.63, 3.8) is 0 Å². The lowest BCUT2D eigenvalue weighted by Crippen LogP contribution is -2.41. The zero-order chi connectivity index (χ0) is 32.1. The Balaban J connectivity index is 1.26. The molecule has 1 aliphatic heterocycles. The Morgan fingerprint density at radius 2 is 1.17 bits per heavy atom. The molecular formula is C38H32O8. The molecule has 5 N–H and O–H groups in total. The molecule has 0 fully saturated rings. The van der Waals surface area contributed by atoms with Crippen LogP contribution >= 0.6 is 0 Å². The van der Waals surface area contributed by atoms with Gasteiger partial charge in [-0.15, -0.1) is 0 Å². The van der Waals surface area contributed by atoms with Crippen molar-refractivity contribution in [3.8, 4) is 57.1 Å². The van der Waals surface area contributed by atoms with Gasteiger partial charge in [0, 0.05) is 51.4 Å². The quantitative estimate of drug-likeness (QED) is 0.124. The van der Waals surface area contributed by atoms with Crippen molar-refractivity contribution in [1.82, 2.24) is 0 Å². The van der Waals surface area contributed by atoms with E-state index >= 15 is 0 Å². The maximum absolute atomic E-state index is 11.5. The van der Waals surface area contributed by atoms with Gasteiger partial charge in [0.25, 0.3) is 0 Å². The molecule has 0 spiro atoms. The molecular weight excluding hydrogens is 584 g/mol. The van der Waals surface area contributed by atoms with Gasteiger partial charge in [-0.1, -0.05) is 25.5 Å². The van der Waals surface area contributed by atoms with Gasteiger partial charge in [-0.05, 0) is 79.4 Å². The number of hydrogen-bond donors (Lipinski definition) is 5. The normalized spacial score (nSPS) is 20.2. The van der Waals surface area contributed by atoms with Gasteiger partial charge < -0.3 is 39.1 Å². The molecule has 8 rings (SSSR count). The second-order valence-electron chi connectivity index (χ2n) is 13.3. The fourth-order valence-corrected chi connectivity index (χ4v) is 7.67. The number of benzene rings is 4. The fraction of sp³-hybridized carbons (Fsp3) is 0.211. The molecule has 232 valence electrons. The number of phenolic OH excluding ortho intramolecular Hbond substituents is 5. The molecule has 2 aromatic heterocycles. The molecule has 6 aromatic rings. The standard InChI is InChI=1S/C38H32O8/c1-18-8-25-34-26(41)11-22(30-13-20-5-7-24(40)16-32(20)45-30)14-33(34)46-37(36(25)38(2,3)17-18)35-27(42)9-21(10-28(35)43)29-12-19-4-6-23(39)15-31(19)44-29/h4-16,25,36-37,39-43H,17H2,1-3H3/t25-,36-,37-/m0/s1. The average molecular weight is 617 g/mol. The van der Waals surface area contributed by atoms with Crippen LogP contribution in [0.2, 0.25) is 0 Å². The summed E-state index contributed by atoms with van der Waals surface area (Å²) in [5.74, 6) is 0.763. The van der Waals surface area contributed by atoms with Gasteiger partial charge in [-0.2, -0.15) is 0 Å². The van der Waals surface area contributed by atoms with E-state index in [4.69, 9.17) is 13.6 Å². The van der Waals surface area contributed by atoms with E-state index in [-0.39, 0.29) is 51.6 Å². The van der Waals surface area contributed by atoms with Crippen molar-refractivity contribution in [2.45, 2.75) is 39.2 Å². The molecule has 0 saturated heterocycles. The van der Waals surface area contributed by atoms with E-state index in [0.717, 1.165) is 17.2 Å². The molecule has 8 nitrogen and oxygen atoms in total. The third kappa shape index (κ3) is 4.35. The lowest BCUT2D eigenvalue weighted by Gasteiger charge is -2.50. The maximum Gasteiger partial charge on any atom is 0.138 e. The molecule has 0 unspecified atom stereocenters. The van der Waals surface area contributed by atoms with E-state index in [0.29, 0.717) is 45.1 Å². The summed E-state index contributed by atoms with van der Waals surface area (Å²) in [5, 5.41) is 55.9. The van der Waals surface area contributed by atoms with Crippen molar-refractivity contribution in [2.75, 3.05) is 0 Å².